The fourth-order valence-corrected chi connectivity index (χ4v) is 1.76. The number of carbonyl (C=O) groups is 1. The second kappa shape index (κ2) is 7.46. The van der Waals surface area contributed by atoms with Crippen molar-refractivity contribution in [1.29, 1.82) is 0 Å². The van der Waals surface area contributed by atoms with Gasteiger partial charge in [-0.1, -0.05) is 12.8 Å². The highest BCUT2D eigenvalue weighted by atomic mass is 79.9. The third-order valence-corrected chi connectivity index (χ3v) is 2.85. The van der Waals surface area contributed by atoms with Crippen molar-refractivity contribution < 1.29 is 14.3 Å². The van der Waals surface area contributed by atoms with Crippen molar-refractivity contribution in [2.75, 3.05) is 13.2 Å². The summed E-state index contributed by atoms with van der Waals surface area (Å²) in [7, 11) is 0. The van der Waals surface area contributed by atoms with Crippen LogP contribution in [-0.4, -0.2) is 24.2 Å². The molecule has 2 N–H and O–H groups in total. The molecule has 0 radical (unpaired) electrons. The van der Waals surface area contributed by atoms with Crippen molar-refractivity contribution in [2.45, 2.75) is 25.7 Å². The van der Waals surface area contributed by atoms with Gasteiger partial charge in [-0.2, -0.15) is 0 Å². The Balaban J connectivity index is 2.14. The number of hydrogen-bond donors (Lipinski definition) is 2. The van der Waals surface area contributed by atoms with Crippen LogP contribution in [0.5, 0.6) is 0 Å². The summed E-state index contributed by atoms with van der Waals surface area (Å²) in [5.74, 6) is -0.122. The Morgan fingerprint density at radius 3 is 2.75 bits per heavy atom. The number of furan rings is 1. The van der Waals surface area contributed by atoms with Crippen LogP contribution in [0.1, 0.15) is 36.0 Å². The highest BCUT2D eigenvalue weighted by Gasteiger charge is 2.11. The third-order valence-electron chi connectivity index (χ3n) is 2.23. The number of aliphatic hydroxyl groups excluding tert-OH is 1. The van der Waals surface area contributed by atoms with E-state index in [1.807, 2.05) is 0 Å². The summed E-state index contributed by atoms with van der Waals surface area (Å²) in [5.41, 5.74) is 0.523. The molecule has 1 heterocycles. The Bertz CT molecular complexity index is 325. The number of nitrogens with one attached hydrogen (secondary N) is 1. The van der Waals surface area contributed by atoms with E-state index in [0.29, 0.717) is 16.8 Å². The molecule has 0 bridgehead atoms. The normalized spacial score (nSPS) is 10.4. The first-order valence-electron chi connectivity index (χ1n) is 5.37. The molecule has 0 fully saturated rings. The Morgan fingerprint density at radius 2 is 2.12 bits per heavy atom. The van der Waals surface area contributed by atoms with Crippen LogP contribution in [-0.2, 0) is 0 Å². The van der Waals surface area contributed by atoms with Crippen molar-refractivity contribution in [3.05, 3.63) is 22.6 Å². The van der Waals surface area contributed by atoms with Gasteiger partial charge in [0, 0.05) is 13.2 Å². The van der Waals surface area contributed by atoms with Crippen LogP contribution in [0.15, 0.2) is 21.4 Å². The van der Waals surface area contributed by atoms with E-state index < -0.39 is 0 Å². The number of rotatable bonds is 7. The first kappa shape index (κ1) is 13.3. The van der Waals surface area contributed by atoms with E-state index in [4.69, 9.17) is 9.52 Å². The van der Waals surface area contributed by atoms with Crippen molar-refractivity contribution in [3.8, 4) is 0 Å². The molecule has 5 heteroatoms. The van der Waals surface area contributed by atoms with E-state index >= 15 is 0 Å². The summed E-state index contributed by atoms with van der Waals surface area (Å²) in [5, 5.41) is 11.4. The molecule has 0 unspecified atom stereocenters. The van der Waals surface area contributed by atoms with Crippen molar-refractivity contribution in [3.63, 3.8) is 0 Å². The van der Waals surface area contributed by atoms with Gasteiger partial charge in [0.25, 0.3) is 5.91 Å². The van der Waals surface area contributed by atoms with E-state index in [-0.39, 0.29) is 12.5 Å². The van der Waals surface area contributed by atoms with Crippen LogP contribution in [0.25, 0.3) is 0 Å². The molecular formula is C11H16BrNO3. The molecule has 0 atom stereocenters. The fourth-order valence-electron chi connectivity index (χ4n) is 1.34. The van der Waals surface area contributed by atoms with Crippen LogP contribution >= 0.6 is 15.9 Å². The van der Waals surface area contributed by atoms with Gasteiger partial charge in [0.1, 0.15) is 0 Å². The third kappa shape index (κ3) is 4.37. The standard InChI is InChI=1S/C11H16BrNO3/c12-10-9(5-8-16-10)11(15)13-6-3-1-2-4-7-14/h5,8,14H,1-4,6-7H2,(H,13,15). The molecule has 0 spiro atoms. The van der Waals surface area contributed by atoms with Gasteiger partial charge in [0.2, 0.25) is 0 Å². The van der Waals surface area contributed by atoms with Crippen LogP contribution in [0.2, 0.25) is 0 Å². The summed E-state index contributed by atoms with van der Waals surface area (Å²) >= 11 is 3.15. The minimum Gasteiger partial charge on any atom is -0.457 e. The van der Waals surface area contributed by atoms with Gasteiger partial charge >= 0.3 is 0 Å². The monoisotopic (exact) mass is 289 g/mol. The first-order chi connectivity index (χ1) is 7.75. The number of halogens is 1. The van der Waals surface area contributed by atoms with Gasteiger partial charge in [-0.15, -0.1) is 0 Å². The van der Waals surface area contributed by atoms with Crippen LogP contribution in [0.3, 0.4) is 0 Å². The van der Waals surface area contributed by atoms with Gasteiger partial charge in [0.15, 0.2) is 4.67 Å². The van der Waals surface area contributed by atoms with Gasteiger partial charge in [-0.25, -0.2) is 0 Å². The Kier molecular flexibility index (Phi) is 6.18. The molecular weight excluding hydrogens is 274 g/mol. The van der Waals surface area contributed by atoms with E-state index in [2.05, 4.69) is 21.2 Å². The maximum Gasteiger partial charge on any atom is 0.255 e. The number of carbonyl (C=O) groups excluding carboxylic acids is 1. The molecule has 4 nitrogen and oxygen atoms in total. The molecule has 1 amide bonds. The van der Waals surface area contributed by atoms with E-state index in [1.54, 1.807) is 6.07 Å². The molecule has 1 aromatic rings. The molecule has 1 aromatic heterocycles. The molecule has 0 aromatic carbocycles. The minimum atomic E-state index is -0.122. The molecule has 0 saturated heterocycles. The molecule has 0 aliphatic carbocycles. The maximum atomic E-state index is 11.6. The van der Waals surface area contributed by atoms with Crippen LogP contribution in [0, 0.1) is 0 Å². The number of unbranched alkanes of at least 4 members (excludes halogenated alkanes) is 3. The van der Waals surface area contributed by atoms with Gasteiger partial charge < -0.3 is 14.8 Å². The Morgan fingerprint density at radius 1 is 1.38 bits per heavy atom. The highest BCUT2D eigenvalue weighted by molar-refractivity contribution is 9.10. The zero-order valence-electron chi connectivity index (χ0n) is 9.04. The lowest BCUT2D eigenvalue weighted by atomic mass is 10.2. The lowest BCUT2D eigenvalue weighted by molar-refractivity contribution is 0.0951. The van der Waals surface area contributed by atoms with E-state index in [0.717, 1.165) is 25.7 Å². The lowest BCUT2D eigenvalue weighted by Crippen LogP contribution is -2.24. The topological polar surface area (TPSA) is 62.5 Å². The smallest absolute Gasteiger partial charge is 0.255 e. The second-order valence-electron chi connectivity index (χ2n) is 3.50. The fraction of sp³-hybridized carbons (Fsp3) is 0.545. The zero-order valence-corrected chi connectivity index (χ0v) is 10.6. The lowest BCUT2D eigenvalue weighted by Gasteiger charge is -2.03. The van der Waals surface area contributed by atoms with Gasteiger partial charge in [-0.3, -0.25) is 4.79 Å². The quantitative estimate of drug-likeness (QED) is 0.758. The Hall–Kier alpha value is -0.810. The average Bonchev–Trinajstić information content (AvgIpc) is 2.69. The number of aliphatic hydroxyl groups is 1. The SMILES string of the molecule is O=C(NCCCCCCO)c1ccoc1Br. The van der Waals surface area contributed by atoms with Crippen LogP contribution < -0.4 is 5.32 Å². The second-order valence-corrected chi connectivity index (χ2v) is 4.22. The molecule has 1 rings (SSSR count). The van der Waals surface area contributed by atoms with Gasteiger partial charge in [-0.05, 0) is 34.8 Å². The van der Waals surface area contributed by atoms with Gasteiger partial charge in [0.05, 0.1) is 11.8 Å². The molecule has 0 saturated carbocycles. The number of hydrogen-bond acceptors (Lipinski definition) is 3. The number of amides is 1. The van der Waals surface area contributed by atoms with E-state index in [9.17, 15) is 4.79 Å². The first-order valence-corrected chi connectivity index (χ1v) is 6.17. The summed E-state index contributed by atoms with van der Waals surface area (Å²) < 4.78 is 5.44. The maximum absolute atomic E-state index is 11.6. The molecule has 0 aliphatic rings. The summed E-state index contributed by atoms with van der Waals surface area (Å²) in [6.45, 7) is 0.899. The molecule has 0 aliphatic heterocycles. The molecule has 16 heavy (non-hydrogen) atoms. The summed E-state index contributed by atoms with van der Waals surface area (Å²) in [4.78, 5) is 11.6. The van der Waals surface area contributed by atoms with Crippen molar-refractivity contribution in [2.24, 2.45) is 0 Å². The molecule has 90 valence electrons. The van der Waals surface area contributed by atoms with E-state index in [1.165, 1.54) is 6.26 Å². The largest absolute Gasteiger partial charge is 0.457 e. The summed E-state index contributed by atoms with van der Waals surface area (Å²) in [6.07, 6.45) is 5.26. The Labute approximate surface area is 103 Å². The highest BCUT2D eigenvalue weighted by Crippen LogP contribution is 2.16. The zero-order chi connectivity index (χ0) is 11.8. The van der Waals surface area contributed by atoms with Crippen molar-refractivity contribution >= 4 is 21.8 Å². The predicted octanol–water partition coefficient (Wildman–Crippen LogP) is 2.32. The summed E-state index contributed by atoms with van der Waals surface area (Å²) in [6, 6.07) is 1.63. The predicted molar refractivity (Wildman–Crippen MR) is 64.3 cm³/mol. The average molecular weight is 290 g/mol. The minimum absolute atomic E-state index is 0.122. The van der Waals surface area contributed by atoms with Crippen molar-refractivity contribution in [1.82, 2.24) is 5.32 Å². The van der Waals surface area contributed by atoms with Crippen LogP contribution in [0.4, 0.5) is 0 Å².